The fraction of sp³-hybridized carbons (Fsp3) is 0.636. The van der Waals surface area contributed by atoms with E-state index in [2.05, 4.69) is 38.2 Å². The van der Waals surface area contributed by atoms with E-state index in [4.69, 9.17) is 5.41 Å². The number of nitrogens with one attached hydrogen (secondary N) is 2. The van der Waals surface area contributed by atoms with Gasteiger partial charge in [0, 0.05) is 0 Å². The van der Waals surface area contributed by atoms with E-state index in [0.717, 1.165) is 0 Å². The van der Waals surface area contributed by atoms with E-state index in [-0.39, 0.29) is 5.91 Å². The topological polar surface area (TPSA) is 73.2 Å². The molecular weight excluding hydrogens is 443 g/mol. The Bertz CT molecular complexity index is 565. The van der Waals surface area contributed by atoms with Crippen molar-refractivity contribution < 1.29 is 9.90 Å². The Balaban J connectivity index is 3.06. The molecule has 3 N–H and O–H groups in total. The fourth-order valence-electron chi connectivity index (χ4n) is 3.68. The summed E-state index contributed by atoms with van der Waals surface area (Å²) in [6, 6.07) is 7.64. The van der Waals surface area contributed by atoms with Crippen LogP contribution < -0.4 is 8.90 Å². The molecule has 1 rings (SSSR count). The van der Waals surface area contributed by atoms with Crippen molar-refractivity contribution in [2.45, 2.75) is 85.6 Å². The Kier molecular flexibility index (Phi) is 11.0. The van der Waals surface area contributed by atoms with Crippen LogP contribution in [-0.2, 0) is 0 Å². The predicted molar refractivity (Wildman–Crippen MR) is 118 cm³/mol. The Labute approximate surface area is 169 Å². The first kappa shape index (κ1) is 24.0. The molecule has 27 heavy (non-hydrogen) atoms. The van der Waals surface area contributed by atoms with Gasteiger partial charge < -0.3 is 0 Å². The van der Waals surface area contributed by atoms with E-state index in [1.54, 1.807) is 10.5 Å². The summed E-state index contributed by atoms with van der Waals surface area (Å²) >= 11 is -2.45. The van der Waals surface area contributed by atoms with E-state index in [1.165, 1.54) is 51.8 Å². The average Bonchev–Trinajstić information content (AvgIpc) is 2.67. The van der Waals surface area contributed by atoms with Crippen molar-refractivity contribution in [1.29, 1.82) is 5.41 Å². The van der Waals surface area contributed by atoms with Crippen LogP contribution in [0.3, 0.4) is 0 Å². The molecule has 0 heterocycles. The molecule has 1 aromatic rings. The second-order valence-corrected chi connectivity index (χ2v) is 21.0. The van der Waals surface area contributed by atoms with Crippen molar-refractivity contribution in [3.63, 3.8) is 0 Å². The van der Waals surface area contributed by atoms with Gasteiger partial charge in [0.05, 0.1) is 0 Å². The molecule has 4 nitrogen and oxygen atoms in total. The molecule has 0 radical (unpaired) electrons. The van der Waals surface area contributed by atoms with Gasteiger partial charge in [0.15, 0.2) is 0 Å². The summed E-state index contributed by atoms with van der Waals surface area (Å²) in [5.41, 5.74) is 0.605. The first-order valence-electron chi connectivity index (χ1n) is 10.6. The molecule has 0 aliphatic rings. The number of aliphatic hydroxyl groups is 1. The van der Waals surface area contributed by atoms with Crippen molar-refractivity contribution >= 4 is 33.8 Å². The molecule has 0 bridgehead atoms. The number of benzene rings is 1. The van der Waals surface area contributed by atoms with Crippen LogP contribution >= 0.6 is 0 Å². The first-order valence-corrected chi connectivity index (χ1v) is 18.1. The third-order valence-electron chi connectivity index (χ3n) is 5.54. The van der Waals surface area contributed by atoms with E-state index in [0.29, 0.717) is 5.56 Å². The van der Waals surface area contributed by atoms with E-state index in [1.807, 2.05) is 12.1 Å². The molecule has 0 aromatic heterocycles. The molecule has 0 fully saturated rings. The van der Waals surface area contributed by atoms with Gasteiger partial charge >= 0.3 is 170 Å². The Hall–Kier alpha value is -1.04. The number of aliphatic hydroxyl groups excluding tert-OH is 1. The predicted octanol–water partition coefficient (Wildman–Crippen LogP) is 5.40. The van der Waals surface area contributed by atoms with Crippen LogP contribution in [0.2, 0.25) is 13.3 Å². The monoisotopic (exact) mass is 482 g/mol. The first-order chi connectivity index (χ1) is 12.9. The number of carbonyl (C=O) groups excluding carboxylic acids is 1. The van der Waals surface area contributed by atoms with Crippen LogP contribution in [0.4, 0.5) is 0 Å². The summed E-state index contributed by atoms with van der Waals surface area (Å²) in [6.07, 6.45) is 7.72. The van der Waals surface area contributed by atoms with Crippen LogP contribution in [0.25, 0.3) is 0 Å². The second kappa shape index (κ2) is 12.4. The van der Waals surface area contributed by atoms with Crippen LogP contribution in [-0.4, -0.2) is 41.3 Å². The van der Waals surface area contributed by atoms with Gasteiger partial charge in [0.1, 0.15) is 0 Å². The summed E-state index contributed by atoms with van der Waals surface area (Å²) in [5, 5.41) is 19.1. The Morgan fingerprint density at radius 2 is 1.44 bits per heavy atom. The van der Waals surface area contributed by atoms with Gasteiger partial charge in [0.2, 0.25) is 0 Å². The van der Waals surface area contributed by atoms with Crippen molar-refractivity contribution in [2.24, 2.45) is 0 Å². The number of rotatable bonds is 13. The number of amides is 1. The summed E-state index contributed by atoms with van der Waals surface area (Å²) in [5.74, 6) is -0.752. The summed E-state index contributed by atoms with van der Waals surface area (Å²) < 4.78 is 5.79. The molecule has 152 valence electrons. The maximum absolute atomic E-state index is 12.3. The van der Waals surface area contributed by atoms with Crippen LogP contribution in [0.5, 0.6) is 0 Å². The molecule has 0 spiro atoms. The van der Waals surface area contributed by atoms with Gasteiger partial charge in [-0.15, -0.1) is 0 Å². The van der Waals surface area contributed by atoms with Crippen molar-refractivity contribution in [2.75, 3.05) is 0 Å². The normalized spacial score (nSPS) is 12.6. The third kappa shape index (κ3) is 7.47. The van der Waals surface area contributed by atoms with E-state index >= 15 is 0 Å². The molecule has 0 saturated carbocycles. The SMILES string of the molecule is CCC[CH2][Sn]([CH2]CCC)([CH2]CCC)[c]1ccc(C(=O)NC(C)C(=N)O)cc1. The van der Waals surface area contributed by atoms with Gasteiger partial charge in [-0.25, -0.2) is 0 Å². The summed E-state index contributed by atoms with van der Waals surface area (Å²) in [7, 11) is 0. The zero-order valence-corrected chi connectivity index (χ0v) is 20.5. The Morgan fingerprint density at radius 3 is 1.81 bits per heavy atom. The zero-order chi connectivity index (χ0) is 20.3. The van der Waals surface area contributed by atoms with Crippen LogP contribution in [0.15, 0.2) is 24.3 Å². The fourth-order valence-corrected chi connectivity index (χ4v) is 19.6. The van der Waals surface area contributed by atoms with Crippen LogP contribution in [0.1, 0.15) is 76.6 Å². The van der Waals surface area contributed by atoms with Gasteiger partial charge in [0.25, 0.3) is 0 Å². The molecule has 1 atom stereocenters. The van der Waals surface area contributed by atoms with Gasteiger partial charge in [-0.05, 0) is 0 Å². The summed E-state index contributed by atoms with van der Waals surface area (Å²) in [6.45, 7) is 8.45. The number of hydrogen-bond acceptors (Lipinski definition) is 2. The standard InChI is InChI=1S/C10H11N2O2.3C4H9.Sn/c1-7(9(11)13)12-10(14)8-5-3-2-4-6-8;3*1-3-4-2;/h3-7H,1H3,(H2,11,13)(H,12,14);3*1,3-4H2,2H3;. The summed E-state index contributed by atoms with van der Waals surface area (Å²) in [4.78, 5) is 12.3. The van der Waals surface area contributed by atoms with Crippen LogP contribution in [0, 0.1) is 5.41 Å². The number of unbranched alkanes of at least 4 members (excludes halogenated alkanes) is 3. The molecule has 1 amide bonds. The minimum atomic E-state index is -2.45. The van der Waals surface area contributed by atoms with Gasteiger partial charge in [-0.1, -0.05) is 0 Å². The third-order valence-corrected chi connectivity index (χ3v) is 21.2. The molecule has 1 aromatic carbocycles. The second-order valence-electron chi connectivity index (χ2n) is 7.75. The van der Waals surface area contributed by atoms with E-state index in [9.17, 15) is 9.90 Å². The zero-order valence-electron chi connectivity index (χ0n) is 17.6. The molecular formula is C22H38N2O2Sn. The van der Waals surface area contributed by atoms with E-state index < -0.39 is 30.3 Å². The average molecular weight is 481 g/mol. The quantitative estimate of drug-likeness (QED) is 0.201. The van der Waals surface area contributed by atoms with Crippen molar-refractivity contribution in [3.8, 4) is 0 Å². The number of hydrogen-bond donors (Lipinski definition) is 3. The molecule has 1 unspecified atom stereocenters. The van der Waals surface area contributed by atoms with Gasteiger partial charge in [-0.2, -0.15) is 0 Å². The molecule has 0 saturated heterocycles. The molecule has 0 aliphatic carbocycles. The minimum absolute atomic E-state index is 0.232. The van der Waals surface area contributed by atoms with Crippen molar-refractivity contribution in [3.05, 3.63) is 29.8 Å². The Morgan fingerprint density at radius 1 is 1.00 bits per heavy atom. The number of carbonyl (C=O) groups is 1. The molecule has 5 heteroatoms. The maximum atomic E-state index is 12.3. The van der Waals surface area contributed by atoms with Crippen molar-refractivity contribution in [1.82, 2.24) is 5.32 Å². The van der Waals surface area contributed by atoms with Gasteiger partial charge in [-0.3, -0.25) is 0 Å². The molecule has 0 aliphatic heterocycles.